The molecule has 0 saturated heterocycles. The molecule has 2 heterocycles. The van der Waals surface area contributed by atoms with Crippen molar-refractivity contribution in [2.45, 2.75) is 13.5 Å². The Labute approximate surface area is 98.5 Å². The molecule has 5 nitrogen and oxygen atoms in total. The molecule has 0 radical (unpaired) electrons. The van der Waals surface area contributed by atoms with Gasteiger partial charge in [0.05, 0.1) is 29.3 Å². The molecule has 6 heteroatoms. The summed E-state index contributed by atoms with van der Waals surface area (Å²) in [6, 6.07) is 0. The second-order valence-corrected chi connectivity index (χ2v) is 3.69. The van der Waals surface area contributed by atoms with Crippen LogP contribution in [-0.2, 0) is 6.54 Å². The molecule has 0 bridgehead atoms. The largest absolute Gasteiger partial charge is 0.311 e. The highest BCUT2D eigenvalue weighted by Gasteiger charge is 2.02. The fourth-order valence-electron chi connectivity index (χ4n) is 1.27. The van der Waals surface area contributed by atoms with E-state index in [0.717, 1.165) is 12.2 Å². The zero-order valence-electron chi connectivity index (χ0n) is 8.89. The van der Waals surface area contributed by atoms with Crippen LogP contribution in [0.1, 0.15) is 12.6 Å². The first-order valence-corrected chi connectivity index (χ1v) is 5.39. The molecule has 84 valence electrons. The second-order valence-electron chi connectivity index (χ2n) is 3.25. The maximum atomic E-state index is 5.79. The molecule has 2 aromatic rings. The summed E-state index contributed by atoms with van der Waals surface area (Å²) in [6.45, 7) is 3.65. The van der Waals surface area contributed by atoms with Gasteiger partial charge in [-0.15, -0.1) is 0 Å². The van der Waals surface area contributed by atoms with Gasteiger partial charge in [-0.1, -0.05) is 18.5 Å². The van der Waals surface area contributed by atoms with Gasteiger partial charge in [0, 0.05) is 12.7 Å². The lowest BCUT2D eigenvalue weighted by Crippen LogP contribution is -2.14. The molecule has 0 saturated carbocycles. The van der Waals surface area contributed by atoms with Gasteiger partial charge in [0.1, 0.15) is 0 Å². The lowest BCUT2D eigenvalue weighted by Gasteiger charge is -2.03. The van der Waals surface area contributed by atoms with Crippen molar-refractivity contribution in [3.05, 3.63) is 35.5 Å². The Kier molecular flexibility index (Phi) is 3.48. The van der Waals surface area contributed by atoms with Gasteiger partial charge in [0.25, 0.3) is 0 Å². The third-order valence-electron chi connectivity index (χ3n) is 2.01. The Bertz CT molecular complexity index is 468. The molecule has 1 N–H and O–H groups in total. The summed E-state index contributed by atoms with van der Waals surface area (Å²) in [4.78, 5) is 8.53. The van der Waals surface area contributed by atoms with Crippen molar-refractivity contribution in [3.63, 3.8) is 0 Å². The van der Waals surface area contributed by atoms with Gasteiger partial charge < -0.3 is 5.32 Å². The Balaban J connectivity index is 2.22. The van der Waals surface area contributed by atoms with E-state index in [9.17, 15) is 0 Å². The summed E-state index contributed by atoms with van der Waals surface area (Å²) in [5.41, 5.74) is 0.881. The van der Waals surface area contributed by atoms with Crippen LogP contribution in [0.25, 0.3) is 5.82 Å². The van der Waals surface area contributed by atoms with E-state index in [1.807, 2.05) is 6.92 Å². The van der Waals surface area contributed by atoms with Crippen molar-refractivity contribution >= 4 is 11.6 Å². The van der Waals surface area contributed by atoms with Crippen molar-refractivity contribution in [1.82, 2.24) is 25.1 Å². The highest BCUT2D eigenvalue weighted by molar-refractivity contribution is 6.30. The first-order chi connectivity index (χ1) is 7.79. The Morgan fingerprint density at radius 2 is 2.25 bits per heavy atom. The van der Waals surface area contributed by atoms with E-state index in [1.165, 1.54) is 0 Å². The van der Waals surface area contributed by atoms with Gasteiger partial charge in [-0.25, -0.2) is 9.67 Å². The van der Waals surface area contributed by atoms with Crippen molar-refractivity contribution < 1.29 is 0 Å². The van der Waals surface area contributed by atoms with E-state index < -0.39 is 0 Å². The number of hydrogen-bond acceptors (Lipinski definition) is 4. The number of halogens is 1. The monoisotopic (exact) mass is 237 g/mol. The average Bonchev–Trinajstić information content (AvgIpc) is 2.74. The summed E-state index contributed by atoms with van der Waals surface area (Å²) in [7, 11) is 0. The topological polar surface area (TPSA) is 55.6 Å². The maximum absolute atomic E-state index is 5.79. The fraction of sp³-hybridized carbons (Fsp3) is 0.300. The number of rotatable bonds is 4. The number of nitrogens with one attached hydrogen (secondary N) is 1. The zero-order valence-corrected chi connectivity index (χ0v) is 9.65. The summed E-state index contributed by atoms with van der Waals surface area (Å²) in [5, 5.41) is 7.84. The van der Waals surface area contributed by atoms with Crippen LogP contribution in [-0.4, -0.2) is 26.3 Å². The van der Waals surface area contributed by atoms with Gasteiger partial charge in [0.15, 0.2) is 5.82 Å². The van der Waals surface area contributed by atoms with Crippen LogP contribution in [0.15, 0.2) is 24.8 Å². The predicted molar refractivity (Wildman–Crippen MR) is 61.5 cm³/mol. The normalized spacial score (nSPS) is 10.6. The van der Waals surface area contributed by atoms with E-state index in [1.54, 1.807) is 29.5 Å². The van der Waals surface area contributed by atoms with Crippen molar-refractivity contribution in [1.29, 1.82) is 0 Å². The smallest absolute Gasteiger partial charge is 0.172 e. The van der Waals surface area contributed by atoms with Crippen molar-refractivity contribution in [3.8, 4) is 5.82 Å². The third-order valence-corrected chi connectivity index (χ3v) is 2.21. The van der Waals surface area contributed by atoms with Crippen LogP contribution in [0.3, 0.4) is 0 Å². The van der Waals surface area contributed by atoms with Crippen LogP contribution >= 0.6 is 11.6 Å². The molecular formula is C10H12ClN5. The summed E-state index contributed by atoms with van der Waals surface area (Å²) >= 11 is 5.79. The third kappa shape index (κ3) is 2.56. The highest BCUT2D eigenvalue weighted by atomic mass is 35.5. The van der Waals surface area contributed by atoms with E-state index in [4.69, 9.17) is 11.6 Å². The van der Waals surface area contributed by atoms with Crippen LogP contribution in [0.4, 0.5) is 0 Å². The van der Waals surface area contributed by atoms with Gasteiger partial charge in [-0.05, 0) is 6.54 Å². The predicted octanol–water partition coefficient (Wildman–Crippen LogP) is 1.43. The molecular weight excluding hydrogens is 226 g/mol. The molecule has 2 rings (SSSR count). The summed E-state index contributed by atoms with van der Waals surface area (Å²) < 4.78 is 1.60. The van der Waals surface area contributed by atoms with E-state index in [2.05, 4.69) is 20.4 Å². The molecule has 0 amide bonds. The molecule has 2 aromatic heterocycles. The van der Waals surface area contributed by atoms with E-state index in [-0.39, 0.29) is 0 Å². The lowest BCUT2D eigenvalue weighted by molar-refractivity contribution is 0.699. The minimum Gasteiger partial charge on any atom is -0.311 e. The standard InChI is InChI=1S/C10H12ClN5/c1-2-12-4-9-5-13-6-10(15-9)16-7-8(11)3-14-16/h3,5-7,12H,2,4H2,1H3. The molecule has 0 atom stereocenters. The molecule has 16 heavy (non-hydrogen) atoms. The second kappa shape index (κ2) is 5.05. The van der Waals surface area contributed by atoms with Gasteiger partial charge in [0.2, 0.25) is 0 Å². The highest BCUT2D eigenvalue weighted by Crippen LogP contribution is 2.09. The minimum absolute atomic E-state index is 0.582. The van der Waals surface area contributed by atoms with Crippen LogP contribution in [0.5, 0.6) is 0 Å². The molecule has 0 aliphatic rings. The SMILES string of the molecule is CCNCc1cncc(-n2cc(Cl)cn2)n1. The zero-order chi connectivity index (χ0) is 11.4. The Morgan fingerprint density at radius 1 is 1.38 bits per heavy atom. The number of hydrogen-bond donors (Lipinski definition) is 1. The molecule has 0 aliphatic carbocycles. The number of aromatic nitrogens is 4. The van der Waals surface area contributed by atoms with E-state index >= 15 is 0 Å². The summed E-state index contributed by atoms with van der Waals surface area (Å²) in [5.74, 6) is 0.669. The number of nitrogens with zero attached hydrogens (tertiary/aromatic N) is 4. The van der Waals surface area contributed by atoms with Crippen LogP contribution in [0, 0.1) is 0 Å². The maximum Gasteiger partial charge on any atom is 0.172 e. The first-order valence-electron chi connectivity index (χ1n) is 5.02. The van der Waals surface area contributed by atoms with Crippen LogP contribution in [0.2, 0.25) is 5.02 Å². The molecule has 0 fully saturated rings. The van der Waals surface area contributed by atoms with Gasteiger partial charge >= 0.3 is 0 Å². The van der Waals surface area contributed by atoms with Crippen molar-refractivity contribution in [2.75, 3.05) is 6.54 Å². The average molecular weight is 238 g/mol. The fourth-order valence-corrected chi connectivity index (χ4v) is 1.41. The quantitative estimate of drug-likeness (QED) is 0.874. The first kappa shape index (κ1) is 11.0. The molecule has 0 unspecified atom stereocenters. The molecule has 0 aliphatic heterocycles. The van der Waals surface area contributed by atoms with Crippen molar-refractivity contribution in [2.24, 2.45) is 0 Å². The van der Waals surface area contributed by atoms with E-state index in [0.29, 0.717) is 17.4 Å². The lowest BCUT2D eigenvalue weighted by atomic mass is 10.4. The summed E-state index contributed by atoms with van der Waals surface area (Å²) in [6.07, 6.45) is 6.65. The van der Waals surface area contributed by atoms with Crippen LogP contribution < -0.4 is 5.32 Å². The molecule has 0 spiro atoms. The molecule has 0 aromatic carbocycles. The Hall–Kier alpha value is -1.46. The Morgan fingerprint density at radius 3 is 2.94 bits per heavy atom. The van der Waals surface area contributed by atoms with Gasteiger partial charge in [-0.2, -0.15) is 5.10 Å². The minimum atomic E-state index is 0.582. The van der Waals surface area contributed by atoms with Gasteiger partial charge in [-0.3, -0.25) is 4.98 Å².